The van der Waals surface area contributed by atoms with Gasteiger partial charge in [0.05, 0.1) is 5.56 Å². The number of aromatic nitrogens is 1. The monoisotopic (exact) mass is 402 g/mol. The molecular formula is C24H26N4S. The van der Waals surface area contributed by atoms with Crippen molar-refractivity contribution in [2.24, 2.45) is 4.99 Å². The molecule has 0 amide bonds. The van der Waals surface area contributed by atoms with Crippen molar-refractivity contribution in [2.75, 3.05) is 19.0 Å². The molecule has 0 aliphatic heterocycles. The molecule has 4 rings (SSSR count). The van der Waals surface area contributed by atoms with Crippen molar-refractivity contribution in [3.63, 3.8) is 0 Å². The molecule has 2 heterocycles. The van der Waals surface area contributed by atoms with Gasteiger partial charge >= 0.3 is 0 Å². The van der Waals surface area contributed by atoms with E-state index in [1.165, 1.54) is 34.7 Å². The molecule has 2 aromatic heterocycles. The van der Waals surface area contributed by atoms with Gasteiger partial charge in [0.2, 0.25) is 0 Å². The molecule has 29 heavy (non-hydrogen) atoms. The first kappa shape index (κ1) is 19.5. The van der Waals surface area contributed by atoms with Gasteiger partial charge in [-0.25, -0.2) is 4.99 Å². The van der Waals surface area contributed by atoms with Crippen LogP contribution >= 0.6 is 11.3 Å². The number of rotatable bonds is 4. The zero-order valence-corrected chi connectivity index (χ0v) is 18.3. The van der Waals surface area contributed by atoms with Crippen LogP contribution in [0.1, 0.15) is 45.8 Å². The number of fused-ring (bicyclic) bond motifs is 1. The van der Waals surface area contributed by atoms with Crippen LogP contribution in [0.2, 0.25) is 0 Å². The Morgan fingerprint density at radius 3 is 2.55 bits per heavy atom. The number of aliphatic imine (C=N–C) groups is 1. The topological polar surface area (TPSA) is 44.3 Å². The molecule has 5 heteroatoms. The molecule has 0 N–H and O–H groups in total. The van der Waals surface area contributed by atoms with E-state index in [0.29, 0.717) is 0 Å². The van der Waals surface area contributed by atoms with Gasteiger partial charge in [-0.1, -0.05) is 0 Å². The highest BCUT2D eigenvalue weighted by Crippen LogP contribution is 2.39. The SMILES string of the molecule is Cc1cc(C=Nc2sc3c(c2C#N)CCCC3)c(C)n1-c1ccc(N(C)C)cc1. The van der Waals surface area contributed by atoms with Crippen LogP contribution in [0.5, 0.6) is 0 Å². The minimum Gasteiger partial charge on any atom is -0.378 e. The first-order valence-electron chi connectivity index (χ1n) is 10.0. The van der Waals surface area contributed by atoms with E-state index in [-0.39, 0.29) is 0 Å². The predicted molar refractivity (Wildman–Crippen MR) is 123 cm³/mol. The summed E-state index contributed by atoms with van der Waals surface area (Å²) >= 11 is 1.69. The minimum atomic E-state index is 0.786. The summed E-state index contributed by atoms with van der Waals surface area (Å²) in [5.41, 5.74) is 7.78. The standard InChI is InChI=1S/C24H26N4S/c1-16-13-18(17(2)28(16)20-11-9-19(10-12-20)27(3)4)15-26-24-22(14-25)21-7-5-6-8-23(21)29-24/h9-13,15H,5-8H2,1-4H3. The Morgan fingerprint density at radius 2 is 1.86 bits per heavy atom. The summed E-state index contributed by atoms with van der Waals surface area (Å²) in [4.78, 5) is 8.20. The van der Waals surface area contributed by atoms with E-state index < -0.39 is 0 Å². The van der Waals surface area contributed by atoms with E-state index in [0.717, 1.165) is 40.4 Å². The number of benzene rings is 1. The lowest BCUT2D eigenvalue weighted by atomic mass is 9.96. The number of nitriles is 1. The highest BCUT2D eigenvalue weighted by atomic mass is 32.1. The normalized spacial score (nSPS) is 13.5. The van der Waals surface area contributed by atoms with Crippen LogP contribution in [0.4, 0.5) is 10.7 Å². The summed E-state index contributed by atoms with van der Waals surface area (Å²) in [5, 5.41) is 10.5. The van der Waals surface area contributed by atoms with Crippen molar-refractivity contribution in [3.8, 4) is 11.8 Å². The number of thiophene rings is 1. The van der Waals surface area contributed by atoms with Crippen LogP contribution < -0.4 is 4.90 Å². The molecule has 0 fully saturated rings. The molecule has 1 aliphatic rings. The third-order valence-electron chi connectivity index (χ3n) is 5.68. The molecule has 1 aliphatic carbocycles. The van der Waals surface area contributed by atoms with Gasteiger partial charge in [-0.15, -0.1) is 11.3 Å². The molecule has 0 spiro atoms. The average molecular weight is 403 g/mol. The maximum atomic E-state index is 9.65. The lowest BCUT2D eigenvalue weighted by Gasteiger charge is -2.14. The quantitative estimate of drug-likeness (QED) is 0.524. The summed E-state index contributed by atoms with van der Waals surface area (Å²) in [6, 6.07) is 13.1. The Morgan fingerprint density at radius 1 is 1.14 bits per heavy atom. The van der Waals surface area contributed by atoms with Gasteiger partial charge in [-0.05, 0) is 75.4 Å². The third-order valence-corrected chi connectivity index (χ3v) is 6.88. The summed E-state index contributed by atoms with van der Waals surface area (Å²) < 4.78 is 2.26. The molecule has 3 aromatic rings. The van der Waals surface area contributed by atoms with Gasteiger partial charge in [0, 0.05) is 53.5 Å². The van der Waals surface area contributed by atoms with Crippen molar-refractivity contribution in [3.05, 3.63) is 63.3 Å². The van der Waals surface area contributed by atoms with Crippen molar-refractivity contribution >= 4 is 28.2 Å². The minimum absolute atomic E-state index is 0.786. The number of anilines is 1. The third kappa shape index (κ3) is 3.61. The predicted octanol–water partition coefficient (Wildman–Crippen LogP) is 5.72. The molecule has 0 atom stereocenters. The van der Waals surface area contributed by atoms with E-state index in [1.54, 1.807) is 11.3 Å². The van der Waals surface area contributed by atoms with E-state index in [4.69, 9.17) is 4.99 Å². The Bertz CT molecular complexity index is 1110. The van der Waals surface area contributed by atoms with Gasteiger partial charge in [0.1, 0.15) is 11.1 Å². The molecule has 0 radical (unpaired) electrons. The Hall–Kier alpha value is -2.84. The number of aryl methyl sites for hydroxylation is 2. The van der Waals surface area contributed by atoms with Crippen LogP contribution in [0.15, 0.2) is 35.3 Å². The molecule has 0 saturated heterocycles. The Kier molecular flexibility index (Phi) is 5.29. The first-order chi connectivity index (χ1) is 14.0. The Balaban J connectivity index is 1.67. The maximum absolute atomic E-state index is 9.65. The maximum Gasteiger partial charge on any atom is 0.134 e. The van der Waals surface area contributed by atoms with Gasteiger partial charge < -0.3 is 9.47 Å². The van der Waals surface area contributed by atoms with Crippen molar-refractivity contribution in [2.45, 2.75) is 39.5 Å². The summed E-state index contributed by atoms with van der Waals surface area (Å²) in [7, 11) is 4.10. The van der Waals surface area contributed by atoms with E-state index in [1.807, 2.05) is 20.3 Å². The number of nitrogens with zero attached hydrogens (tertiary/aromatic N) is 4. The summed E-state index contributed by atoms with van der Waals surface area (Å²) in [6.07, 6.45) is 6.42. The molecule has 0 bridgehead atoms. The molecular weight excluding hydrogens is 376 g/mol. The molecule has 1 aromatic carbocycles. The smallest absolute Gasteiger partial charge is 0.134 e. The summed E-state index contributed by atoms with van der Waals surface area (Å²) in [6.45, 7) is 4.24. The van der Waals surface area contributed by atoms with Crippen LogP contribution in [-0.4, -0.2) is 24.9 Å². The van der Waals surface area contributed by atoms with Crippen molar-refractivity contribution in [1.29, 1.82) is 5.26 Å². The lowest BCUT2D eigenvalue weighted by Crippen LogP contribution is -2.08. The van der Waals surface area contributed by atoms with E-state index >= 15 is 0 Å². The fourth-order valence-corrected chi connectivity index (χ4v) is 5.28. The number of hydrogen-bond donors (Lipinski definition) is 0. The molecule has 4 nitrogen and oxygen atoms in total. The molecule has 148 valence electrons. The van der Waals surface area contributed by atoms with Gasteiger partial charge in [-0.2, -0.15) is 5.26 Å². The average Bonchev–Trinajstić information content (AvgIpc) is 3.22. The van der Waals surface area contributed by atoms with Crippen LogP contribution in [-0.2, 0) is 12.8 Å². The highest BCUT2D eigenvalue weighted by Gasteiger charge is 2.20. The molecule has 0 unspecified atom stereocenters. The van der Waals surface area contributed by atoms with Crippen LogP contribution in [0, 0.1) is 25.2 Å². The van der Waals surface area contributed by atoms with Gasteiger partial charge in [0.15, 0.2) is 0 Å². The second-order valence-corrected chi connectivity index (χ2v) is 8.92. The van der Waals surface area contributed by atoms with Crippen LogP contribution in [0.3, 0.4) is 0 Å². The van der Waals surface area contributed by atoms with Crippen molar-refractivity contribution in [1.82, 2.24) is 4.57 Å². The Labute approximate surface area is 176 Å². The highest BCUT2D eigenvalue weighted by molar-refractivity contribution is 7.16. The largest absolute Gasteiger partial charge is 0.378 e. The zero-order valence-electron chi connectivity index (χ0n) is 17.5. The fourth-order valence-electron chi connectivity index (χ4n) is 4.10. The fraction of sp³-hybridized carbons (Fsp3) is 0.333. The van der Waals surface area contributed by atoms with E-state index in [2.05, 4.69) is 59.7 Å². The van der Waals surface area contributed by atoms with Gasteiger partial charge in [-0.3, -0.25) is 0 Å². The lowest BCUT2D eigenvalue weighted by molar-refractivity contribution is 0.696. The van der Waals surface area contributed by atoms with Crippen LogP contribution in [0.25, 0.3) is 5.69 Å². The van der Waals surface area contributed by atoms with Crippen molar-refractivity contribution < 1.29 is 0 Å². The molecule has 0 saturated carbocycles. The zero-order chi connectivity index (χ0) is 20.5. The van der Waals surface area contributed by atoms with Gasteiger partial charge in [0.25, 0.3) is 0 Å². The second-order valence-electron chi connectivity index (χ2n) is 7.83. The number of hydrogen-bond acceptors (Lipinski definition) is 4. The summed E-state index contributed by atoms with van der Waals surface area (Å²) in [5.74, 6) is 0. The first-order valence-corrected chi connectivity index (χ1v) is 10.9. The second kappa shape index (κ2) is 7.88. The van der Waals surface area contributed by atoms with E-state index in [9.17, 15) is 5.26 Å².